The van der Waals surface area contributed by atoms with Crippen LogP contribution in [-0.2, 0) is 0 Å². The van der Waals surface area contributed by atoms with E-state index in [1.807, 2.05) is 84.2 Å². The highest BCUT2D eigenvalue weighted by Crippen LogP contribution is 2.29. The topological polar surface area (TPSA) is 51.2 Å². The van der Waals surface area contributed by atoms with E-state index in [4.69, 9.17) is 4.74 Å². The van der Waals surface area contributed by atoms with Crippen molar-refractivity contribution in [3.8, 4) is 22.8 Å². The van der Waals surface area contributed by atoms with Gasteiger partial charge in [0, 0.05) is 15.8 Å². The molecule has 0 fully saturated rings. The van der Waals surface area contributed by atoms with Crippen molar-refractivity contribution in [1.82, 2.24) is 4.98 Å². The molecule has 1 N–H and O–H groups in total. The molecule has 6 heteroatoms. The van der Waals surface area contributed by atoms with Gasteiger partial charge in [0.1, 0.15) is 11.5 Å². The number of benzene rings is 3. The fourth-order valence-corrected chi connectivity index (χ4v) is 4.40. The number of ether oxygens (including phenoxy) is 1. The summed E-state index contributed by atoms with van der Waals surface area (Å²) in [5.74, 6) is 2.33. The largest absolute Gasteiger partial charge is 0.457 e. The molecular weight excluding hydrogens is 412 g/mol. The summed E-state index contributed by atoms with van der Waals surface area (Å²) < 4.78 is 5.83. The van der Waals surface area contributed by atoms with Crippen molar-refractivity contribution in [2.75, 3.05) is 11.1 Å². The van der Waals surface area contributed by atoms with E-state index in [0.717, 1.165) is 33.4 Å². The number of rotatable bonds is 7. The first-order chi connectivity index (χ1) is 14.7. The van der Waals surface area contributed by atoms with Gasteiger partial charge in [-0.15, -0.1) is 23.1 Å². The normalized spacial score (nSPS) is 10.6. The number of hydrogen-bond donors (Lipinski definition) is 1. The van der Waals surface area contributed by atoms with Gasteiger partial charge >= 0.3 is 0 Å². The summed E-state index contributed by atoms with van der Waals surface area (Å²) in [7, 11) is 0. The molecule has 0 aliphatic rings. The zero-order chi connectivity index (χ0) is 20.8. The van der Waals surface area contributed by atoms with Gasteiger partial charge in [0.25, 0.3) is 5.91 Å². The summed E-state index contributed by atoms with van der Waals surface area (Å²) in [5, 5.41) is 5.44. The van der Waals surface area contributed by atoms with Crippen LogP contribution in [0.4, 0.5) is 5.13 Å². The Bertz CT molecular complexity index is 1130. The van der Waals surface area contributed by atoms with Crippen molar-refractivity contribution >= 4 is 34.1 Å². The maximum Gasteiger partial charge on any atom is 0.258 e. The minimum atomic E-state index is -0.140. The molecule has 0 saturated heterocycles. The molecule has 0 saturated carbocycles. The maximum absolute atomic E-state index is 12.7. The van der Waals surface area contributed by atoms with Crippen LogP contribution in [0, 0.1) is 0 Å². The molecule has 0 aliphatic carbocycles. The molecule has 4 rings (SSSR count). The van der Waals surface area contributed by atoms with Gasteiger partial charge in [0.05, 0.1) is 11.3 Å². The second kappa shape index (κ2) is 9.61. The minimum absolute atomic E-state index is 0.140. The Kier molecular flexibility index (Phi) is 6.47. The van der Waals surface area contributed by atoms with Gasteiger partial charge in [-0.3, -0.25) is 10.1 Å². The molecular formula is C24H20N2O2S2. The lowest BCUT2D eigenvalue weighted by Crippen LogP contribution is -2.12. The Morgan fingerprint density at radius 1 is 0.967 bits per heavy atom. The highest BCUT2D eigenvalue weighted by Gasteiger charge is 2.13. The van der Waals surface area contributed by atoms with Crippen molar-refractivity contribution in [3.05, 3.63) is 89.8 Å². The molecule has 0 radical (unpaired) electrons. The number of nitrogens with one attached hydrogen (secondary N) is 1. The van der Waals surface area contributed by atoms with E-state index < -0.39 is 0 Å². The van der Waals surface area contributed by atoms with Crippen LogP contribution in [0.2, 0.25) is 0 Å². The Hall–Kier alpha value is -3.09. The predicted octanol–water partition coefficient (Wildman–Crippen LogP) is 6.97. The summed E-state index contributed by atoms with van der Waals surface area (Å²) in [6.45, 7) is 2.07. The van der Waals surface area contributed by atoms with Crippen LogP contribution in [0.3, 0.4) is 0 Å². The highest BCUT2D eigenvalue weighted by atomic mass is 32.2. The van der Waals surface area contributed by atoms with Crippen LogP contribution in [0.25, 0.3) is 11.3 Å². The molecule has 30 heavy (non-hydrogen) atoms. The fraction of sp³-hybridized carbons (Fsp3) is 0.0833. The smallest absolute Gasteiger partial charge is 0.258 e. The average Bonchev–Trinajstić information content (AvgIpc) is 3.24. The van der Waals surface area contributed by atoms with E-state index in [-0.39, 0.29) is 5.91 Å². The van der Waals surface area contributed by atoms with Gasteiger partial charge in [-0.25, -0.2) is 4.98 Å². The zero-order valence-corrected chi connectivity index (χ0v) is 18.0. The molecule has 4 aromatic rings. The second-order valence-electron chi connectivity index (χ2n) is 6.36. The number of thioether (sulfide) groups is 1. The van der Waals surface area contributed by atoms with Crippen LogP contribution < -0.4 is 10.1 Å². The number of carbonyl (C=O) groups is 1. The van der Waals surface area contributed by atoms with Gasteiger partial charge in [-0.05, 0) is 54.3 Å². The third-order valence-electron chi connectivity index (χ3n) is 4.29. The SMILES string of the molecule is CCSc1ccccc1C(=O)Nc1nc(-c2ccc(Oc3ccccc3)cc2)cs1. The van der Waals surface area contributed by atoms with E-state index >= 15 is 0 Å². The van der Waals surface area contributed by atoms with Crippen LogP contribution >= 0.6 is 23.1 Å². The molecule has 0 unspecified atom stereocenters. The summed E-state index contributed by atoms with van der Waals surface area (Å²) in [5.41, 5.74) is 2.45. The lowest BCUT2D eigenvalue weighted by Gasteiger charge is -2.07. The Balaban J connectivity index is 1.44. The Morgan fingerprint density at radius 3 is 2.43 bits per heavy atom. The monoisotopic (exact) mass is 432 g/mol. The van der Waals surface area contributed by atoms with Gasteiger partial charge in [0.15, 0.2) is 5.13 Å². The van der Waals surface area contributed by atoms with Crippen LogP contribution in [-0.4, -0.2) is 16.6 Å². The van der Waals surface area contributed by atoms with Gasteiger partial charge in [0.2, 0.25) is 0 Å². The number of thiazole rings is 1. The summed E-state index contributed by atoms with van der Waals surface area (Å²) in [6, 6.07) is 25.1. The molecule has 1 heterocycles. The lowest BCUT2D eigenvalue weighted by atomic mass is 10.2. The van der Waals surface area contributed by atoms with Crippen LogP contribution in [0.5, 0.6) is 11.5 Å². The molecule has 4 nitrogen and oxygen atoms in total. The van der Waals surface area contributed by atoms with Crippen molar-refractivity contribution in [2.45, 2.75) is 11.8 Å². The molecule has 0 bridgehead atoms. The number of anilines is 1. The van der Waals surface area contributed by atoms with Gasteiger partial charge in [-0.2, -0.15) is 0 Å². The molecule has 1 aromatic heterocycles. The number of carbonyl (C=O) groups excluding carboxylic acids is 1. The zero-order valence-electron chi connectivity index (χ0n) is 16.4. The number of para-hydroxylation sites is 1. The first-order valence-corrected chi connectivity index (χ1v) is 11.4. The Morgan fingerprint density at radius 2 is 1.67 bits per heavy atom. The van der Waals surface area contributed by atoms with Gasteiger partial charge in [-0.1, -0.05) is 37.3 Å². The van der Waals surface area contributed by atoms with Crippen LogP contribution in [0.15, 0.2) is 89.1 Å². The molecule has 0 spiro atoms. The van der Waals surface area contributed by atoms with E-state index in [1.54, 1.807) is 11.8 Å². The summed E-state index contributed by atoms with van der Waals surface area (Å²) in [4.78, 5) is 18.2. The van der Waals surface area contributed by atoms with Gasteiger partial charge < -0.3 is 4.74 Å². The maximum atomic E-state index is 12.7. The van der Waals surface area contributed by atoms with Crippen molar-refractivity contribution in [2.24, 2.45) is 0 Å². The van der Waals surface area contributed by atoms with Crippen molar-refractivity contribution < 1.29 is 9.53 Å². The minimum Gasteiger partial charge on any atom is -0.457 e. The van der Waals surface area contributed by atoms with E-state index in [2.05, 4.69) is 17.2 Å². The quantitative estimate of drug-likeness (QED) is 0.321. The van der Waals surface area contributed by atoms with Crippen molar-refractivity contribution in [1.29, 1.82) is 0 Å². The number of aromatic nitrogens is 1. The number of amides is 1. The van der Waals surface area contributed by atoms with E-state index in [1.165, 1.54) is 11.3 Å². The lowest BCUT2D eigenvalue weighted by molar-refractivity contribution is 0.102. The average molecular weight is 433 g/mol. The highest BCUT2D eigenvalue weighted by molar-refractivity contribution is 7.99. The molecule has 150 valence electrons. The van der Waals surface area contributed by atoms with Crippen LogP contribution in [0.1, 0.15) is 17.3 Å². The molecule has 1 amide bonds. The van der Waals surface area contributed by atoms with Crippen molar-refractivity contribution in [3.63, 3.8) is 0 Å². The number of hydrogen-bond acceptors (Lipinski definition) is 5. The summed E-state index contributed by atoms with van der Waals surface area (Å²) in [6.07, 6.45) is 0. The standard InChI is InChI=1S/C24H20N2O2S2/c1-2-29-22-11-7-6-10-20(22)23(27)26-24-25-21(16-30-24)17-12-14-19(15-13-17)28-18-8-4-3-5-9-18/h3-16H,2H2,1H3,(H,25,26,27). The molecule has 3 aromatic carbocycles. The number of nitrogens with zero attached hydrogens (tertiary/aromatic N) is 1. The van der Waals surface area contributed by atoms with E-state index in [9.17, 15) is 4.79 Å². The first kappa shape index (κ1) is 20.2. The predicted molar refractivity (Wildman–Crippen MR) is 125 cm³/mol. The third kappa shape index (κ3) is 4.90. The summed E-state index contributed by atoms with van der Waals surface area (Å²) >= 11 is 3.07. The van der Waals surface area contributed by atoms with E-state index in [0.29, 0.717) is 10.7 Å². The molecule has 0 aliphatic heterocycles. The first-order valence-electron chi connectivity index (χ1n) is 9.55. The third-order valence-corrected chi connectivity index (χ3v) is 6.00. The fourth-order valence-electron chi connectivity index (χ4n) is 2.88. The molecule has 0 atom stereocenters. The Labute approximate surface area is 184 Å². The second-order valence-corrected chi connectivity index (χ2v) is 8.52.